The maximum atomic E-state index is 12.9. The van der Waals surface area contributed by atoms with Crippen LogP contribution in [0.1, 0.15) is 47.7 Å². The Morgan fingerprint density at radius 3 is 2.40 bits per heavy atom. The number of rotatable bonds is 8. The molecular weight excluding hydrogens is 508 g/mol. The Labute approximate surface area is 194 Å². The van der Waals surface area contributed by atoms with Crippen LogP contribution in [0, 0.1) is 0 Å². The van der Waals surface area contributed by atoms with E-state index in [9.17, 15) is 4.79 Å². The summed E-state index contributed by atoms with van der Waals surface area (Å²) in [7, 11) is 0. The van der Waals surface area contributed by atoms with E-state index in [0.29, 0.717) is 29.6 Å². The third-order valence-electron chi connectivity index (χ3n) is 4.99. The van der Waals surface area contributed by atoms with Gasteiger partial charge in [0.15, 0.2) is 0 Å². The van der Waals surface area contributed by atoms with Gasteiger partial charge in [-0.15, -0.1) is 0 Å². The monoisotopic (exact) mass is 530 g/mol. The highest BCUT2D eigenvalue weighted by atomic mass is 79.9. The SMILES string of the molecule is CCC(C)c1ccc(OC(=O)c2cc(Br)ccc2OCCc2ccccc2)c(Br)c1. The lowest BCUT2D eigenvalue weighted by Crippen LogP contribution is -2.12. The topological polar surface area (TPSA) is 35.5 Å². The van der Waals surface area contributed by atoms with Gasteiger partial charge in [0.25, 0.3) is 0 Å². The van der Waals surface area contributed by atoms with E-state index < -0.39 is 5.97 Å². The first-order chi connectivity index (χ1) is 14.5. The fraction of sp³-hybridized carbons (Fsp3) is 0.240. The Morgan fingerprint density at radius 2 is 1.70 bits per heavy atom. The second kappa shape index (κ2) is 10.8. The predicted molar refractivity (Wildman–Crippen MR) is 128 cm³/mol. The van der Waals surface area contributed by atoms with Gasteiger partial charge in [0, 0.05) is 10.9 Å². The van der Waals surface area contributed by atoms with E-state index in [1.165, 1.54) is 11.1 Å². The second-order valence-corrected chi connectivity index (χ2v) is 8.88. The lowest BCUT2D eigenvalue weighted by atomic mass is 9.99. The lowest BCUT2D eigenvalue weighted by Gasteiger charge is -2.14. The van der Waals surface area contributed by atoms with Crippen LogP contribution >= 0.6 is 31.9 Å². The molecule has 0 N–H and O–H groups in total. The lowest BCUT2D eigenvalue weighted by molar-refractivity contribution is 0.0729. The largest absolute Gasteiger partial charge is 0.492 e. The van der Waals surface area contributed by atoms with Crippen molar-refractivity contribution in [3.05, 3.63) is 92.4 Å². The van der Waals surface area contributed by atoms with E-state index in [4.69, 9.17) is 9.47 Å². The van der Waals surface area contributed by atoms with Gasteiger partial charge in [-0.1, -0.05) is 66.2 Å². The molecule has 0 fully saturated rings. The second-order valence-electron chi connectivity index (χ2n) is 7.11. The Hall–Kier alpha value is -2.11. The van der Waals surface area contributed by atoms with Crippen LogP contribution in [0.3, 0.4) is 0 Å². The van der Waals surface area contributed by atoms with Crippen molar-refractivity contribution in [3.8, 4) is 11.5 Å². The van der Waals surface area contributed by atoms with E-state index in [-0.39, 0.29) is 0 Å². The zero-order valence-electron chi connectivity index (χ0n) is 17.0. The van der Waals surface area contributed by atoms with Gasteiger partial charge in [-0.05, 0) is 69.7 Å². The molecule has 0 radical (unpaired) electrons. The highest BCUT2D eigenvalue weighted by Crippen LogP contribution is 2.32. The quantitative estimate of drug-likeness (QED) is 0.222. The van der Waals surface area contributed by atoms with Gasteiger partial charge in [-0.2, -0.15) is 0 Å². The van der Waals surface area contributed by atoms with Crippen molar-refractivity contribution >= 4 is 37.8 Å². The van der Waals surface area contributed by atoms with Crippen molar-refractivity contribution < 1.29 is 14.3 Å². The highest BCUT2D eigenvalue weighted by molar-refractivity contribution is 9.10. The number of halogens is 2. The Balaban J connectivity index is 1.73. The summed E-state index contributed by atoms with van der Waals surface area (Å²) in [6, 6.07) is 21.3. The smallest absolute Gasteiger partial charge is 0.347 e. The standard InChI is InChI=1S/C25H24Br2O3/c1-3-17(2)19-9-11-24(22(27)15-19)30-25(28)21-16-20(26)10-12-23(21)29-14-13-18-7-5-4-6-8-18/h4-12,15-17H,3,13-14H2,1-2H3. The molecule has 0 heterocycles. The minimum atomic E-state index is -0.456. The fourth-order valence-corrected chi connectivity index (χ4v) is 3.85. The molecule has 3 aromatic rings. The number of ether oxygens (including phenoxy) is 2. The van der Waals surface area contributed by atoms with Crippen molar-refractivity contribution in [1.29, 1.82) is 0 Å². The van der Waals surface area contributed by atoms with E-state index in [1.54, 1.807) is 12.1 Å². The third-order valence-corrected chi connectivity index (χ3v) is 6.11. The molecule has 30 heavy (non-hydrogen) atoms. The molecule has 0 aliphatic heterocycles. The first-order valence-electron chi connectivity index (χ1n) is 9.95. The summed E-state index contributed by atoms with van der Waals surface area (Å²) in [5.74, 6) is 0.984. The molecule has 0 aromatic heterocycles. The van der Waals surface area contributed by atoms with Gasteiger partial charge in [0.05, 0.1) is 11.1 Å². The van der Waals surface area contributed by atoms with Crippen molar-refractivity contribution in [2.45, 2.75) is 32.6 Å². The summed E-state index contributed by atoms with van der Waals surface area (Å²) in [5.41, 5.74) is 2.77. The van der Waals surface area contributed by atoms with Crippen molar-refractivity contribution in [2.75, 3.05) is 6.61 Å². The predicted octanol–water partition coefficient (Wildman–Crippen LogP) is 7.57. The van der Waals surface area contributed by atoms with Gasteiger partial charge in [-0.3, -0.25) is 0 Å². The normalized spacial score (nSPS) is 11.7. The van der Waals surface area contributed by atoms with Gasteiger partial charge in [0.2, 0.25) is 0 Å². The highest BCUT2D eigenvalue weighted by Gasteiger charge is 2.18. The molecule has 0 aliphatic rings. The molecule has 0 aliphatic carbocycles. The molecule has 3 rings (SSSR count). The summed E-state index contributed by atoms with van der Waals surface area (Å²) in [5, 5.41) is 0. The van der Waals surface area contributed by atoms with Crippen LogP contribution in [0.5, 0.6) is 11.5 Å². The average Bonchev–Trinajstić information content (AvgIpc) is 2.76. The van der Waals surface area contributed by atoms with Crippen LogP contribution in [-0.2, 0) is 6.42 Å². The molecular formula is C25H24Br2O3. The number of hydrogen-bond acceptors (Lipinski definition) is 3. The first kappa shape index (κ1) is 22.6. The molecule has 156 valence electrons. The molecule has 3 aromatic carbocycles. The van der Waals surface area contributed by atoms with Gasteiger partial charge in [0.1, 0.15) is 17.1 Å². The van der Waals surface area contributed by atoms with Crippen LogP contribution < -0.4 is 9.47 Å². The molecule has 5 heteroatoms. The van der Waals surface area contributed by atoms with E-state index in [2.05, 4.69) is 57.8 Å². The third kappa shape index (κ3) is 5.96. The number of esters is 1. The van der Waals surface area contributed by atoms with Crippen molar-refractivity contribution in [1.82, 2.24) is 0 Å². The van der Waals surface area contributed by atoms with E-state index >= 15 is 0 Å². The van der Waals surface area contributed by atoms with Crippen LogP contribution in [-0.4, -0.2) is 12.6 Å². The number of hydrogen-bond donors (Lipinski definition) is 0. The Bertz CT molecular complexity index is 1000. The Kier molecular flexibility index (Phi) is 8.11. The summed E-state index contributed by atoms with van der Waals surface area (Å²) in [6.07, 6.45) is 1.81. The minimum absolute atomic E-state index is 0.385. The molecule has 0 amide bonds. The summed E-state index contributed by atoms with van der Waals surface area (Å²) < 4.78 is 13.1. The van der Waals surface area contributed by atoms with Crippen molar-refractivity contribution in [3.63, 3.8) is 0 Å². The van der Waals surface area contributed by atoms with E-state index in [0.717, 1.165) is 21.8 Å². The average molecular weight is 532 g/mol. The maximum absolute atomic E-state index is 12.9. The molecule has 0 saturated heterocycles. The fourth-order valence-electron chi connectivity index (χ4n) is 3.01. The van der Waals surface area contributed by atoms with Crippen molar-refractivity contribution in [2.24, 2.45) is 0 Å². The van der Waals surface area contributed by atoms with Gasteiger partial charge in [-0.25, -0.2) is 4.79 Å². The maximum Gasteiger partial charge on any atom is 0.347 e. The molecule has 0 spiro atoms. The zero-order valence-corrected chi connectivity index (χ0v) is 20.2. The zero-order chi connectivity index (χ0) is 21.5. The Morgan fingerprint density at radius 1 is 0.967 bits per heavy atom. The molecule has 1 atom stereocenters. The number of carbonyl (C=O) groups excluding carboxylic acids is 1. The van der Waals surface area contributed by atoms with Crippen LogP contribution in [0.25, 0.3) is 0 Å². The molecule has 0 bridgehead atoms. The van der Waals surface area contributed by atoms with Crippen LogP contribution in [0.15, 0.2) is 75.7 Å². The van der Waals surface area contributed by atoms with E-state index in [1.807, 2.05) is 42.5 Å². The first-order valence-corrected chi connectivity index (χ1v) is 11.5. The van der Waals surface area contributed by atoms with Crippen LogP contribution in [0.4, 0.5) is 0 Å². The molecule has 0 saturated carbocycles. The molecule has 3 nitrogen and oxygen atoms in total. The summed E-state index contributed by atoms with van der Waals surface area (Å²) in [4.78, 5) is 12.9. The van der Waals surface area contributed by atoms with Gasteiger partial charge < -0.3 is 9.47 Å². The van der Waals surface area contributed by atoms with Crippen LogP contribution in [0.2, 0.25) is 0 Å². The number of carbonyl (C=O) groups is 1. The molecule has 1 unspecified atom stereocenters. The minimum Gasteiger partial charge on any atom is -0.492 e. The number of benzene rings is 3. The summed E-state index contributed by atoms with van der Waals surface area (Å²) in [6.45, 7) is 4.80. The van der Waals surface area contributed by atoms with Gasteiger partial charge >= 0.3 is 5.97 Å². The summed E-state index contributed by atoms with van der Waals surface area (Å²) >= 11 is 6.96.